The summed E-state index contributed by atoms with van der Waals surface area (Å²) in [6.45, 7) is 8.33. The normalized spacial score (nSPS) is 25.6. The second-order valence-electron chi connectivity index (χ2n) is 4.48. The van der Waals surface area contributed by atoms with Crippen molar-refractivity contribution in [2.24, 2.45) is 0 Å². The maximum atomic E-state index is 4.31. The Hall–Kier alpha value is 0.323. The second-order valence-corrected chi connectivity index (χ2v) is 4.48. The van der Waals surface area contributed by atoms with Gasteiger partial charge in [-0.05, 0) is 52.4 Å². The average molecular weight is 330 g/mol. The molecule has 98 valence electrons. The molecule has 1 aliphatic carbocycles. The zero-order valence-electron chi connectivity index (χ0n) is 11.8. The van der Waals surface area contributed by atoms with Crippen LogP contribution in [0.25, 0.3) is 0 Å². The first-order chi connectivity index (χ1) is 8.13. The molecule has 0 saturated carbocycles. The van der Waals surface area contributed by atoms with Gasteiger partial charge in [0.1, 0.15) is 0 Å². The van der Waals surface area contributed by atoms with E-state index in [1.54, 1.807) is 0 Å². The van der Waals surface area contributed by atoms with Crippen LogP contribution in [0.2, 0.25) is 0 Å². The Balaban J connectivity index is 0.000000306. The quantitative estimate of drug-likeness (QED) is 0.466. The molecule has 1 nitrogen and oxygen atoms in total. The average Bonchev–Trinajstić information content (AvgIpc) is 2.46. The molecule has 0 aromatic heterocycles. The summed E-state index contributed by atoms with van der Waals surface area (Å²) in [7, 11) is 0. The van der Waals surface area contributed by atoms with Crippen molar-refractivity contribution in [2.75, 3.05) is 0 Å². The van der Waals surface area contributed by atoms with Crippen LogP contribution in [0, 0.1) is 43.2 Å². The van der Waals surface area contributed by atoms with Crippen LogP contribution in [0.5, 0.6) is 0 Å². The van der Waals surface area contributed by atoms with Crippen LogP contribution in [-0.4, -0.2) is 0 Å². The van der Waals surface area contributed by atoms with Gasteiger partial charge in [-0.25, -0.2) is 5.32 Å². The maximum absolute atomic E-state index is 4.31. The zero-order valence-corrected chi connectivity index (χ0v) is 13.5. The topological polar surface area (TPSA) is 14.1 Å². The molecule has 0 spiro atoms. The van der Waals surface area contributed by atoms with Crippen molar-refractivity contribution in [3.8, 4) is 0 Å². The Morgan fingerprint density at radius 3 is 1.94 bits per heavy atom. The van der Waals surface area contributed by atoms with Gasteiger partial charge in [0.05, 0.1) is 12.1 Å². The van der Waals surface area contributed by atoms with Gasteiger partial charge in [-0.3, -0.25) is 0 Å². The predicted molar refractivity (Wildman–Crippen MR) is 73.7 cm³/mol. The molecule has 0 bridgehead atoms. The molecular weight excluding hydrogens is 307 g/mol. The van der Waals surface area contributed by atoms with Gasteiger partial charge in [-0.15, -0.1) is 0 Å². The number of hydrogen-bond acceptors (Lipinski definition) is 0. The number of allylic oxidation sites excluding steroid dienone is 2. The van der Waals surface area contributed by atoms with Crippen molar-refractivity contribution in [3.63, 3.8) is 0 Å². The summed E-state index contributed by atoms with van der Waals surface area (Å²) in [6, 6.07) is 2.34. The monoisotopic (exact) mass is 331 g/mol. The van der Waals surface area contributed by atoms with E-state index in [1.165, 1.54) is 36.8 Å². The molecular formula is C16H23NRu+2. The summed E-state index contributed by atoms with van der Waals surface area (Å²) in [5.41, 5.74) is 0. The standard InChI is InChI=1S/C8H12N.C8H11.Ru/c1-5-6(2)8(4)9-7(5)3;1-2-4-6-8-7-5-3-1;/h1-4H3;1-3,6,8H,4-5,7H2;/q;;+2/b;8-6-;. The fourth-order valence-corrected chi connectivity index (χ4v) is 1.72. The maximum Gasteiger partial charge on any atom is 2.00 e. The molecule has 2 heteroatoms. The van der Waals surface area contributed by atoms with E-state index in [0.717, 1.165) is 6.42 Å². The molecule has 1 fully saturated rings. The molecule has 0 atom stereocenters. The van der Waals surface area contributed by atoms with E-state index in [2.05, 4.69) is 64.4 Å². The second kappa shape index (κ2) is 10.2. The molecule has 1 heterocycles. The van der Waals surface area contributed by atoms with Crippen LogP contribution >= 0.6 is 0 Å². The minimum absolute atomic E-state index is 0. The van der Waals surface area contributed by atoms with E-state index >= 15 is 0 Å². The molecule has 1 saturated heterocycles. The van der Waals surface area contributed by atoms with E-state index in [-0.39, 0.29) is 19.5 Å². The fourth-order valence-electron chi connectivity index (χ4n) is 1.72. The van der Waals surface area contributed by atoms with Gasteiger partial charge in [0.15, 0.2) is 0 Å². The Morgan fingerprint density at radius 2 is 1.44 bits per heavy atom. The van der Waals surface area contributed by atoms with Crippen molar-refractivity contribution >= 4 is 0 Å². The van der Waals surface area contributed by atoms with Gasteiger partial charge in [-0.2, -0.15) is 0 Å². The Bertz CT molecular complexity index is 205. The summed E-state index contributed by atoms with van der Waals surface area (Å²) in [6.07, 6.45) is 14.5. The first-order valence-corrected chi connectivity index (χ1v) is 6.33. The summed E-state index contributed by atoms with van der Waals surface area (Å²) in [4.78, 5) is 0. The summed E-state index contributed by atoms with van der Waals surface area (Å²) < 4.78 is 0. The smallest absolute Gasteiger partial charge is 0.224 e. The van der Waals surface area contributed by atoms with Crippen LogP contribution in [0.4, 0.5) is 0 Å². The van der Waals surface area contributed by atoms with Gasteiger partial charge < -0.3 is 0 Å². The van der Waals surface area contributed by atoms with Crippen molar-refractivity contribution in [3.05, 3.63) is 55.3 Å². The molecule has 0 unspecified atom stereocenters. The SMILES string of the molecule is C[C]1[N][C](C)[C](C)[C]1C.[CH]1[CH]C/C=C\CC[CH]1.[Ru+2]. The minimum atomic E-state index is 0. The summed E-state index contributed by atoms with van der Waals surface area (Å²) in [5.74, 6) is 2.68. The van der Waals surface area contributed by atoms with Crippen LogP contribution in [0.3, 0.4) is 0 Å². The molecule has 1 aliphatic heterocycles. The summed E-state index contributed by atoms with van der Waals surface area (Å²) >= 11 is 0. The molecule has 0 aromatic rings. The molecule has 2 rings (SSSR count). The Morgan fingerprint density at radius 1 is 0.833 bits per heavy atom. The molecule has 0 N–H and O–H groups in total. The van der Waals surface area contributed by atoms with Gasteiger partial charge in [0.2, 0.25) is 0 Å². The van der Waals surface area contributed by atoms with E-state index in [4.69, 9.17) is 0 Å². The van der Waals surface area contributed by atoms with Crippen molar-refractivity contribution in [1.82, 2.24) is 5.32 Å². The third-order valence-corrected chi connectivity index (χ3v) is 3.19. The Kier molecular flexibility index (Phi) is 10.3. The van der Waals surface area contributed by atoms with Crippen LogP contribution in [-0.2, 0) is 19.5 Å². The zero-order chi connectivity index (χ0) is 12.7. The number of hydrogen-bond donors (Lipinski definition) is 0. The first kappa shape index (κ1) is 18.3. The third kappa shape index (κ3) is 6.48. The molecule has 18 heavy (non-hydrogen) atoms. The fraction of sp³-hybridized carbons (Fsp3) is 0.438. The first-order valence-electron chi connectivity index (χ1n) is 6.33. The van der Waals surface area contributed by atoms with Crippen LogP contribution < -0.4 is 5.32 Å². The van der Waals surface area contributed by atoms with Gasteiger partial charge in [0.25, 0.3) is 0 Å². The van der Waals surface area contributed by atoms with Crippen LogP contribution in [0.15, 0.2) is 12.2 Å². The summed E-state index contributed by atoms with van der Waals surface area (Å²) in [5, 5.41) is 4.31. The van der Waals surface area contributed by atoms with Gasteiger partial charge >= 0.3 is 19.5 Å². The van der Waals surface area contributed by atoms with Crippen LogP contribution in [0.1, 0.15) is 47.0 Å². The Labute approximate surface area is 127 Å². The van der Waals surface area contributed by atoms with Gasteiger partial charge in [-0.1, -0.05) is 26.0 Å². The van der Waals surface area contributed by atoms with Crippen molar-refractivity contribution in [1.29, 1.82) is 0 Å². The number of rotatable bonds is 0. The molecule has 0 aromatic carbocycles. The van der Waals surface area contributed by atoms with Crippen molar-refractivity contribution < 1.29 is 19.5 Å². The van der Waals surface area contributed by atoms with E-state index < -0.39 is 0 Å². The third-order valence-electron chi connectivity index (χ3n) is 3.19. The molecule has 2 aliphatic rings. The van der Waals surface area contributed by atoms with E-state index in [9.17, 15) is 0 Å². The van der Waals surface area contributed by atoms with E-state index in [0.29, 0.717) is 0 Å². The van der Waals surface area contributed by atoms with Gasteiger partial charge in [0, 0.05) is 11.8 Å². The van der Waals surface area contributed by atoms with Crippen molar-refractivity contribution in [2.45, 2.75) is 47.0 Å². The minimum Gasteiger partial charge on any atom is -0.224 e. The molecule has 0 amide bonds. The van der Waals surface area contributed by atoms with E-state index in [1.807, 2.05) is 0 Å². The predicted octanol–water partition coefficient (Wildman–Crippen LogP) is 4.23. The molecule has 8 radical (unpaired) electrons. The number of nitrogens with zero attached hydrogens (tertiary/aromatic N) is 1. The largest absolute Gasteiger partial charge is 2.00 e.